The van der Waals surface area contributed by atoms with Gasteiger partial charge in [-0.2, -0.15) is 0 Å². The number of thioether (sulfide) groups is 1. The van der Waals surface area contributed by atoms with Gasteiger partial charge in [0.2, 0.25) is 0 Å². The SMILES string of the molecule is COC(=O)c1ccc2c(=O)n(Cc3ccco3)c(SCc3cccc(Cl)c3)nc2c1. The summed E-state index contributed by atoms with van der Waals surface area (Å²) in [7, 11) is 1.31. The number of halogens is 1. The van der Waals surface area contributed by atoms with Crippen molar-refractivity contribution >= 4 is 40.2 Å². The van der Waals surface area contributed by atoms with Gasteiger partial charge in [-0.3, -0.25) is 9.36 Å². The van der Waals surface area contributed by atoms with E-state index < -0.39 is 5.97 Å². The van der Waals surface area contributed by atoms with Gasteiger partial charge in [-0.15, -0.1) is 0 Å². The van der Waals surface area contributed by atoms with Crippen LogP contribution in [0.15, 0.2) is 75.2 Å². The third-order valence-electron chi connectivity index (χ3n) is 4.49. The quantitative estimate of drug-likeness (QED) is 0.244. The van der Waals surface area contributed by atoms with Gasteiger partial charge in [-0.05, 0) is 48.0 Å². The summed E-state index contributed by atoms with van der Waals surface area (Å²) in [5, 5.41) is 1.59. The summed E-state index contributed by atoms with van der Waals surface area (Å²) in [5.74, 6) is 0.744. The monoisotopic (exact) mass is 440 g/mol. The van der Waals surface area contributed by atoms with Crippen molar-refractivity contribution in [2.75, 3.05) is 7.11 Å². The second-order valence-corrected chi connectivity index (χ2v) is 7.89. The Labute approximate surface area is 181 Å². The number of fused-ring (bicyclic) bond motifs is 1. The van der Waals surface area contributed by atoms with Gasteiger partial charge < -0.3 is 9.15 Å². The van der Waals surface area contributed by atoms with Crippen LogP contribution >= 0.6 is 23.4 Å². The van der Waals surface area contributed by atoms with Crippen molar-refractivity contribution in [2.45, 2.75) is 17.5 Å². The molecular formula is C22H17ClN2O4S. The van der Waals surface area contributed by atoms with Gasteiger partial charge in [-0.25, -0.2) is 9.78 Å². The van der Waals surface area contributed by atoms with Crippen LogP contribution in [0.2, 0.25) is 5.02 Å². The lowest BCUT2D eigenvalue weighted by Crippen LogP contribution is -2.24. The molecule has 0 unspecified atom stereocenters. The molecule has 30 heavy (non-hydrogen) atoms. The van der Waals surface area contributed by atoms with Gasteiger partial charge in [0, 0.05) is 10.8 Å². The van der Waals surface area contributed by atoms with Gasteiger partial charge in [0.05, 0.1) is 36.4 Å². The van der Waals surface area contributed by atoms with Gasteiger partial charge in [-0.1, -0.05) is 35.5 Å². The van der Waals surface area contributed by atoms with E-state index in [4.69, 9.17) is 20.8 Å². The number of benzene rings is 2. The zero-order valence-corrected chi connectivity index (χ0v) is 17.6. The number of hydrogen-bond donors (Lipinski definition) is 0. The summed E-state index contributed by atoms with van der Waals surface area (Å²) in [6.07, 6.45) is 1.57. The summed E-state index contributed by atoms with van der Waals surface area (Å²) < 4.78 is 11.8. The largest absolute Gasteiger partial charge is 0.467 e. The van der Waals surface area contributed by atoms with E-state index in [0.717, 1.165) is 5.56 Å². The molecular weight excluding hydrogens is 424 g/mol. The maximum absolute atomic E-state index is 13.2. The lowest BCUT2D eigenvalue weighted by molar-refractivity contribution is 0.0601. The second kappa shape index (κ2) is 8.77. The zero-order chi connectivity index (χ0) is 21.1. The fourth-order valence-corrected chi connectivity index (χ4v) is 4.18. The average Bonchev–Trinajstić information content (AvgIpc) is 3.27. The van der Waals surface area contributed by atoms with Crippen molar-refractivity contribution in [1.82, 2.24) is 9.55 Å². The normalized spacial score (nSPS) is 11.0. The predicted octanol–water partition coefficient (Wildman–Crippen LogP) is 4.77. The van der Waals surface area contributed by atoms with E-state index in [2.05, 4.69) is 4.98 Å². The van der Waals surface area contributed by atoms with Crippen LogP contribution < -0.4 is 5.56 Å². The van der Waals surface area contributed by atoms with Crippen molar-refractivity contribution in [1.29, 1.82) is 0 Å². The topological polar surface area (TPSA) is 74.3 Å². The Morgan fingerprint density at radius 1 is 1.20 bits per heavy atom. The fourth-order valence-electron chi connectivity index (χ4n) is 3.03. The Morgan fingerprint density at radius 2 is 2.07 bits per heavy atom. The molecule has 0 atom stereocenters. The number of furan rings is 1. The standard InChI is InChI=1S/C22H17ClN2O4S/c1-28-21(27)15-7-8-18-19(11-15)24-22(30-13-14-4-2-5-16(23)10-14)25(20(18)26)12-17-6-3-9-29-17/h2-11H,12-13H2,1H3. The number of nitrogens with zero attached hydrogens (tertiary/aromatic N) is 2. The Hall–Kier alpha value is -3.03. The molecule has 6 nitrogen and oxygen atoms in total. The summed E-state index contributed by atoms with van der Waals surface area (Å²) >= 11 is 7.50. The lowest BCUT2D eigenvalue weighted by Gasteiger charge is -2.13. The van der Waals surface area contributed by atoms with E-state index in [0.29, 0.717) is 38.2 Å². The summed E-state index contributed by atoms with van der Waals surface area (Å²) in [5.41, 5.74) is 1.58. The average molecular weight is 441 g/mol. The predicted molar refractivity (Wildman–Crippen MR) is 116 cm³/mol. The third-order valence-corrected chi connectivity index (χ3v) is 5.78. The first-order chi connectivity index (χ1) is 14.5. The lowest BCUT2D eigenvalue weighted by atomic mass is 10.1. The number of carbonyl (C=O) groups excluding carboxylic acids is 1. The zero-order valence-electron chi connectivity index (χ0n) is 16.0. The number of hydrogen-bond acceptors (Lipinski definition) is 6. The third kappa shape index (κ3) is 4.27. The van der Waals surface area contributed by atoms with E-state index >= 15 is 0 Å². The van der Waals surface area contributed by atoms with E-state index in [1.807, 2.05) is 30.3 Å². The summed E-state index contributed by atoms with van der Waals surface area (Å²) in [6.45, 7) is 0.255. The van der Waals surface area contributed by atoms with Crippen LogP contribution in [0.1, 0.15) is 21.7 Å². The first-order valence-electron chi connectivity index (χ1n) is 9.07. The molecule has 0 saturated heterocycles. The number of methoxy groups -OCH3 is 1. The minimum Gasteiger partial charge on any atom is -0.467 e. The Bertz CT molecular complexity index is 1270. The summed E-state index contributed by atoms with van der Waals surface area (Å²) in [6, 6.07) is 15.8. The van der Waals surface area contributed by atoms with Gasteiger partial charge in [0.1, 0.15) is 5.76 Å². The molecule has 4 rings (SSSR count). The number of esters is 1. The molecule has 152 valence electrons. The minimum absolute atomic E-state index is 0.207. The first-order valence-corrected chi connectivity index (χ1v) is 10.4. The van der Waals surface area contributed by atoms with Gasteiger partial charge in [0.15, 0.2) is 5.16 Å². The van der Waals surface area contributed by atoms with E-state index in [1.54, 1.807) is 35.1 Å². The highest BCUT2D eigenvalue weighted by Crippen LogP contribution is 2.25. The molecule has 4 aromatic rings. The van der Waals surface area contributed by atoms with Crippen molar-refractivity contribution in [3.8, 4) is 0 Å². The molecule has 0 aliphatic heterocycles. The highest BCUT2D eigenvalue weighted by Gasteiger charge is 2.15. The van der Waals surface area contributed by atoms with Gasteiger partial charge >= 0.3 is 5.97 Å². The van der Waals surface area contributed by atoms with Crippen molar-refractivity contribution in [3.05, 3.63) is 93.1 Å². The highest BCUT2D eigenvalue weighted by atomic mass is 35.5. The molecule has 2 aromatic heterocycles. The molecule has 0 fully saturated rings. The highest BCUT2D eigenvalue weighted by molar-refractivity contribution is 7.98. The molecule has 0 aliphatic rings. The number of rotatable bonds is 6. The van der Waals surface area contributed by atoms with Crippen LogP contribution in [0.4, 0.5) is 0 Å². The Kier molecular flexibility index (Phi) is 5.92. The number of aromatic nitrogens is 2. The Balaban J connectivity index is 1.78. The maximum atomic E-state index is 13.2. The fraction of sp³-hybridized carbons (Fsp3) is 0.136. The molecule has 8 heteroatoms. The van der Waals surface area contributed by atoms with Crippen molar-refractivity contribution < 1.29 is 13.9 Å². The Morgan fingerprint density at radius 3 is 2.80 bits per heavy atom. The van der Waals surface area contributed by atoms with Crippen molar-refractivity contribution in [3.63, 3.8) is 0 Å². The summed E-state index contributed by atoms with van der Waals surface area (Å²) in [4.78, 5) is 29.8. The van der Waals surface area contributed by atoms with Crippen LogP contribution in [0.5, 0.6) is 0 Å². The molecule has 0 amide bonds. The van der Waals surface area contributed by atoms with Crippen LogP contribution in [-0.4, -0.2) is 22.6 Å². The molecule has 2 aromatic carbocycles. The maximum Gasteiger partial charge on any atom is 0.337 e. The van der Waals surface area contributed by atoms with Crippen LogP contribution in [0.3, 0.4) is 0 Å². The molecule has 0 N–H and O–H groups in total. The van der Waals surface area contributed by atoms with E-state index in [-0.39, 0.29) is 12.1 Å². The molecule has 0 spiro atoms. The smallest absolute Gasteiger partial charge is 0.337 e. The van der Waals surface area contributed by atoms with Crippen LogP contribution in [0, 0.1) is 0 Å². The van der Waals surface area contributed by atoms with E-state index in [1.165, 1.54) is 18.9 Å². The molecule has 0 saturated carbocycles. The van der Waals surface area contributed by atoms with Crippen LogP contribution in [-0.2, 0) is 17.0 Å². The van der Waals surface area contributed by atoms with Crippen molar-refractivity contribution in [2.24, 2.45) is 0 Å². The second-order valence-electron chi connectivity index (χ2n) is 6.51. The number of carbonyl (C=O) groups is 1. The molecule has 0 bridgehead atoms. The minimum atomic E-state index is -0.480. The molecule has 0 radical (unpaired) electrons. The first kappa shape index (κ1) is 20.3. The number of ether oxygens (including phenoxy) is 1. The molecule has 0 aliphatic carbocycles. The van der Waals surface area contributed by atoms with Crippen LogP contribution in [0.25, 0.3) is 10.9 Å². The van der Waals surface area contributed by atoms with E-state index in [9.17, 15) is 9.59 Å². The molecule has 2 heterocycles. The van der Waals surface area contributed by atoms with Gasteiger partial charge in [0.25, 0.3) is 5.56 Å².